The maximum atomic E-state index is 11.3. The van der Waals surface area contributed by atoms with Crippen molar-refractivity contribution < 1.29 is 9.66 Å². The average molecular weight is 283 g/mol. The summed E-state index contributed by atoms with van der Waals surface area (Å²) >= 11 is 0. The van der Waals surface area contributed by atoms with Crippen LogP contribution in [0.5, 0.6) is 0 Å². The van der Waals surface area contributed by atoms with Gasteiger partial charge in [-0.25, -0.2) is 4.68 Å². The van der Waals surface area contributed by atoms with Crippen molar-refractivity contribution in [1.82, 2.24) is 9.78 Å². The van der Waals surface area contributed by atoms with Crippen LogP contribution in [0.2, 0.25) is 0 Å². The van der Waals surface area contributed by atoms with E-state index in [9.17, 15) is 10.1 Å². The predicted molar refractivity (Wildman–Crippen MR) is 75.0 cm³/mol. The van der Waals surface area contributed by atoms with Crippen LogP contribution in [0.25, 0.3) is 0 Å². The van der Waals surface area contributed by atoms with Gasteiger partial charge in [0.15, 0.2) is 0 Å². The minimum Gasteiger partial charge on any atom is -0.373 e. The second kappa shape index (κ2) is 5.76. The summed E-state index contributed by atoms with van der Waals surface area (Å²) in [5.41, 5.74) is 6.16. The van der Waals surface area contributed by atoms with E-state index in [1.165, 1.54) is 0 Å². The van der Waals surface area contributed by atoms with Crippen molar-refractivity contribution >= 4 is 11.5 Å². The Morgan fingerprint density at radius 2 is 2.30 bits per heavy atom. The minimum absolute atomic E-state index is 0.0524. The van der Waals surface area contributed by atoms with Gasteiger partial charge in [0.1, 0.15) is 5.69 Å². The van der Waals surface area contributed by atoms with Gasteiger partial charge in [0.05, 0.1) is 17.6 Å². The van der Waals surface area contributed by atoms with Crippen molar-refractivity contribution in [2.45, 2.75) is 32.9 Å². The largest absolute Gasteiger partial charge is 0.373 e. The number of nitrogens with two attached hydrogens (primary N) is 1. The van der Waals surface area contributed by atoms with Crippen LogP contribution in [0.15, 0.2) is 0 Å². The molecule has 8 heteroatoms. The molecule has 1 aromatic rings. The van der Waals surface area contributed by atoms with Crippen LogP contribution in [0.1, 0.15) is 25.6 Å². The molecule has 0 spiro atoms. The number of ether oxygens (including phenoxy) is 1. The number of rotatable bonds is 4. The molecule has 2 heterocycles. The Balaban J connectivity index is 2.44. The van der Waals surface area contributed by atoms with E-state index in [-0.39, 0.29) is 22.8 Å². The molecule has 2 N–H and O–H groups in total. The highest BCUT2D eigenvalue weighted by Crippen LogP contribution is 2.34. The summed E-state index contributed by atoms with van der Waals surface area (Å²) < 4.78 is 7.23. The molecule has 20 heavy (non-hydrogen) atoms. The number of hydrogen-bond acceptors (Lipinski definition) is 6. The molecule has 0 radical (unpaired) electrons. The monoisotopic (exact) mass is 283 g/mol. The van der Waals surface area contributed by atoms with Gasteiger partial charge in [0.25, 0.3) is 0 Å². The Morgan fingerprint density at radius 1 is 1.60 bits per heavy atom. The Kier molecular flexibility index (Phi) is 4.24. The lowest BCUT2D eigenvalue weighted by Gasteiger charge is -2.33. The summed E-state index contributed by atoms with van der Waals surface area (Å²) in [6.45, 7) is 7.66. The fraction of sp³-hybridized carbons (Fsp3) is 0.750. The SMILES string of the molecule is Cc1nn(C(C)C)c(N2CCOC(CN)C2)c1[N+](=O)[O-]. The Bertz CT molecular complexity index is 500. The van der Waals surface area contributed by atoms with Gasteiger partial charge in [-0.1, -0.05) is 0 Å². The fourth-order valence-electron chi connectivity index (χ4n) is 2.45. The van der Waals surface area contributed by atoms with Crippen molar-refractivity contribution in [3.05, 3.63) is 15.8 Å². The molecule has 1 aliphatic heterocycles. The van der Waals surface area contributed by atoms with Gasteiger partial charge in [0.2, 0.25) is 5.82 Å². The third-order valence-corrected chi connectivity index (χ3v) is 3.40. The van der Waals surface area contributed by atoms with Gasteiger partial charge in [0, 0.05) is 25.7 Å². The first kappa shape index (κ1) is 14.7. The summed E-state index contributed by atoms with van der Waals surface area (Å²) in [6.07, 6.45) is -0.0980. The smallest absolute Gasteiger partial charge is 0.333 e. The lowest BCUT2D eigenvalue weighted by Crippen LogP contribution is -2.46. The van der Waals surface area contributed by atoms with Gasteiger partial charge < -0.3 is 15.4 Å². The van der Waals surface area contributed by atoms with Gasteiger partial charge in [-0.2, -0.15) is 5.10 Å². The van der Waals surface area contributed by atoms with Crippen molar-refractivity contribution in [1.29, 1.82) is 0 Å². The molecule has 0 saturated carbocycles. The summed E-state index contributed by atoms with van der Waals surface area (Å²) in [7, 11) is 0. The molecule has 0 bridgehead atoms. The molecule has 1 saturated heterocycles. The van der Waals surface area contributed by atoms with Crippen molar-refractivity contribution in [2.75, 3.05) is 31.1 Å². The fourth-order valence-corrected chi connectivity index (χ4v) is 2.45. The lowest BCUT2D eigenvalue weighted by molar-refractivity contribution is -0.384. The molecule has 0 amide bonds. The Hall–Kier alpha value is -1.67. The summed E-state index contributed by atoms with van der Waals surface area (Å²) in [6, 6.07) is 0.0524. The minimum atomic E-state index is -0.358. The second-order valence-corrected chi connectivity index (χ2v) is 5.23. The zero-order valence-corrected chi connectivity index (χ0v) is 12.1. The summed E-state index contributed by atoms with van der Waals surface area (Å²) in [5.74, 6) is 0.559. The van der Waals surface area contributed by atoms with E-state index >= 15 is 0 Å². The molecule has 1 atom stereocenters. The van der Waals surface area contributed by atoms with Crippen LogP contribution in [0.4, 0.5) is 11.5 Å². The van der Waals surface area contributed by atoms with Crippen LogP contribution in [0, 0.1) is 17.0 Å². The summed E-state index contributed by atoms with van der Waals surface area (Å²) in [5, 5.41) is 15.7. The molecule has 0 aliphatic carbocycles. The third kappa shape index (κ3) is 2.61. The standard InChI is InChI=1S/C12H21N5O3/c1-8(2)16-12(11(17(18)19)9(3)14-16)15-4-5-20-10(6-13)7-15/h8,10H,4-7,13H2,1-3H3. The first-order valence-corrected chi connectivity index (χ1v) is 6.75. The molecule has 2 rings (SSSR count). The Labute approximate surface area is 117 Å². The zero-order chi connectivity index (χ0) is 14.9. The second-order valence-electron chi connectivity index (χ2n) is 5.23. The first-order chi connectivity index (χ1) is 9.45. The van der Waals surface area contributed by atoms with Crippen LogP contribution in [0.3, 0.4) is 0 Å². The van der Waals surface area contributed by atoms with Gasteiger partial charge in [-0.05, 0) is 20.8 Å². The molecule has 0 aromatic carbocycles. The number of nitro groups is 1. The topological polar surface area (TPSA) is 99.5 Å². The van der Waals surface area contributed by atoms with Gasteiger partial charge >= 0.3 is 5.69 Å². The molecular formula is C12H21N5O3. The molecule has 1 fully saturated rings. The highest BCUT2D eigenvalue weighted by atomic mass is 16.6. The molecule has 1 aromatic heterocycles. The third-order valence-electron chi connectivity index (χ3n) is 3.40. The molecular weight excluding hydrogens is 262 g/mol. The van der Waals surface area contributed by atoms with Crippen LogP contribution in [-0.4, -0.2) is 47.0 Å². The normalized spacial score (nSPS) is 19.6. The van der Waals surface area contributed by atoms with Crippen LogP contribution >= 0.6 is 0 Å². The van der Waals surface area contributed by atoms with E-state index in [4.69, 9.17) is 10.5 Å². The van der Waals surface area contributed by atoms with Crippen LogP contribution < -0.4 is 10.6 Å². The van der Waals surface area contributed by atoms with Gasteiger partial charge in [-0.15, -0.1) is 0 Å². The van der Waals surface area contributed by atoms with E-state index in [1.54, 1.807) is 11.6 Å². The molecule has 1 unspecified atom stereocenters. The number of morpholine rings is 1. The number of nitrogens with zero attached hydrogens (tertiary/aromatic N) is 4. The van der Waals surface area contributed by atoms with E-state index in [0.717, 1.165) is 0 Å². The molecule has 1 aliphatic rings. The van der Waals surface area contributed by atoms with Crippen molar-refractivity contribution in [3.63, 3.8) is 0 Å². The summed E-state index contributed by atoms with van der Waals surface area (Å²) in [4.78, 5) is 12.9. The highest BCUT2D eigenvalue weighted by molar-refractivity contribution is 5.62. The quantitative estimate of drug-likeness (QED) is 0.649. The molecule has 112 valence electrons. The van der Waals surface area contributed by atoms with E-state index in [0.29, 0.717) is 37.8 Å². The van der Waals surface area contributed by atoms with E-state index < -0.39 is 0 Å². The number of hydrogen-bond donors (Lipinski definition) is 1. The van der Waals surface area contributed by atoms with Crippen molar-refractivity contribution in [3.8, 4) is 0 Å². The van der Waals surface area contributed by atoms with E-state index in [2.05, 4.69) is 5.10 Å². The maximum Gasteiger partial charge on any atom is 0.333 e. The predicted octanol–water partition coefficient (Wildman–Crippen LogP) is 0.845. The van der Waals surface area contributed by atoms with Crippen molar-refractivity contribution in [2.24, 2.45) is 5.73 Å². The highest BCUT2D eigenvalue weighted by Gasteiger charge is 2.33. The van der Waals surface area contributed by atoms with E-state index in [1.807, 2.05) is 18.7 Å². The van der Waals surface area contributed by atoms with Gasteiger partial charge in [-0.3, -0.25) is 10.1 Å². The maximum absolute atomic E-state index is 11.3. The average Bonchev–Trinajstić information content (AvgIpc) is 2.76. The number of aryl methyl sites for hydroxylation is 1. The number of aromatic nitrogens is 2. The Morgan fingerprint density at radius 3 is 2.85 bits per heavy atom. The zero-order valence-electron chi connectivity index (χ0n) is 12.1. The first-order valence-electron chi connectivity index (χ1n) is 6.75. The molecule has 8 nitrogen and oxygen atoms in total. The lowest BCUT2D eigenvalue weighted by atomic mass is 10.2. The number of anilines is 1. The van der Waals surface area contributed by atoms with Crippen LogP contribution in [-0.2, 0) is 4.74 Å².